The highest BCUT2D eigenvalue weighted by molar-refractivity contribution is 9.10. The summed E-state index contributed by atoms with van der Waals surface area (Å²) in [7, 11) is 0.538. The van der Waals surface area contributed by atoms with Crippen molar-refractivity contribution in [1.29, 1.82) is 0 Å². The molecule has 5 aromatic rings. The van der Waals surface area contributed by atoms with Crippen LogP contribution in [0.2, 0.25) is 0 Å². The van der Waals surface area contributed by atoms with Crippen molar-refractivity contribution < 1.29 is 18.6 Å². The second-order valence-electron chi connectivity index (χ2n) is 12.1. The summed E-state index contributed by atoms with van der Waals surface area (Å²) in [6.45, 7) is 6.52. The summed E-state index contributed by atoms with van der Waals surface area (Å²) in [5, 5.41) is 11.0. The molecule has 0 saturated carbocycles. The summed E-state index contributed by atoms with van der Waals surface area (Å²) in [4.78, 5) is 25.4. The summed E-state index contributed by atoms with van der Waals surface area (Å²) in [5.41, 5.74) is 4.34. The van der Waals surface area contributed by atoms with Crippen LogP contribution in [0.5, 0.6) is 11.6 Å². The number of fused-ring (bicyclic) bond motifs is 1. The number of piperidine rings is 1. The Morgan fingerprint density at radius 2 is 1.81 bits per heavy atom. The topological polar surface area (TPSA) is 154 Å². The molecular formula is C31H34BrN10O4P. The van der Waals surface area contributed by atoms with Crippen LogP contribution in [0, 0.1) is 5.41 Å². The summed E-state index contributed by atoms with van der Waals surface area (Å²) in [6.07, 6.45) is 10.7. The van der Waals surface area contributed by atoms with E-state index in [1.165, 1.54) is 0 Å². The third-order valence-corrected chi connectivity index (χ3v) is 9.47. The van der Waals surface area contributed by atoms with E-state index in [1.807, 2.05) is 31.6 Å². The molecule has 16 heteroatoms. The molecule has 0 unspecified atom stereocenters. The van der Waals surface area contributed by atoms with E-state index in [0.29, 0.717) is 55.7 Å². The normalized spacial score (nSPS) is 15.8. The van der Waals surface area contributed by atoms with Crippen molar-refractivity contribution in [3.63, 3.8) is 0 Å². The fourth-order valence-corrected chi connectivity index (χ4v) is 6.72. The minimum absolute atomic E-state index is 0.293. The molecule has 0 bridgehead atoms. The van der Waals surface area contributed by atoms with Crippen molar-refractivity contribution in [2.45, 2.75) is 12.8 Å². The van der Waals surface area contributed by atoms with Crippen molar-refractivity contribution in [2.75, 3.05) is 62.3 Å². The van der Waals surface area contributed by atoms with Crippen molar-refractivity contribution in [3.8, 4) is 22.8 Å². The van der Waals surface area contributed by atoms with Crippen molar-refractivity contribution in [1.82, 2.24) is 34.7 Å². The van der Waals surface area contributed by atoms with Crippen LogP contribution in [0.4, 0.5) is 29.0 Å². The molecule has 2 aliphatic rings. The second kappa shape index (κ2) is 12.4. The standard InChI is InChI=1S/C31H34BrN10O4P/c1-41-16-19(14-36-41)20-13-24(29(44-2)40-28(20)42-11-7-31(8-12-42)17-45-18-31)38-30-35-15-21(32)27(39-30)37-23-6-5-22-25(34-10-9-33-22)26(23)46-47(3,4)43/h5-6,9-10,13-16H,7-8,11-12,17-18H2,1-4H3,(H2,35,37,38,39). The fourth-order valence-electron chi connectivity index (χ4n) is 5.80. The van der Waals surface area contributed by atoms with Crippen LogP contribution in [-0.4, -0.2) is 81.4 Å². The summed E-state index contributed by atoms with van der Waals surface area (Å²) >= 11 is 3.55. The number of hydrogen-bond donors (Lipinski definition) is 2. The zero-order valence-electron chi connectivity index (χ0n) is 26.4. The van der Waals surface area contributed by atoms with Crippen molar-refractivity contribution >= 4 is 63.3 Å². The van der Waals surface area contributed by atoms with E-state index in [-0.39, 0.29) is 0 Å². The maximum atomic E-state index is 12.7. The molecule has 0 radical (unpaired) electrons. The van der Waals surface area contributed by atoms with Gasteiger partial charge in [-0.15, -0.1) is 0 Å². The van der Waals surface area contributed by atoms with E-state index in [0.717, 1.165) is 56.1 Å². The van der Waals surface area contributed by atoms with Crippen molar-refractivity contribution in [2.24, 2.45) is 12.5 Å². The molecule has 14 nitrogen and oxygen atoms in total. The molecule has 1 aromatic carbocycles. The molecular weight excluding hydrogens is 687 g/mol. The predicted octanol–water partition coefficient (Wildman–Crippen LogP) is 6.01. The van der Waals surface area contributed by atoms with E-state index in [4.69, 9.17) is 24.0 Å². The van der Waals surface area contributed by atoms with Gasteiger partial charge in [0, 0.05) is 74.8 Å². The number of nitrogens with one attached hydrogen (secondary N) is 2. The molecule has 4 aromatic heterocycles. The van der Waals surface area contributed by atoms with Gasteiger partial charge in [-0.1, -0.05) is 0 Å². The van der Waals surface area contributed by atoms with Gasteiger partial charge in [0.15, 0.2) is 5.75 Å². The van der Waals surface area contributed by atoms with Gasteiger partial charge < -0.3 is 29.5 Å². The molecule has 2 N–H and O–H groups in total. The van der Waals surface area contributed by atoms with Gasteiger partial charge in [-0.3, -0.25) is 14.2 Å². The molecule has 0 atom stereocenters. The first-order valence-electron chi connectivity index (χ1n) is 15.1. The molecule has 1 spiro atoms. The van der Waals surface area contributed by atoms with Gasteiger partial charge in [0.25, 0.3) is 0 Å². The van der Waals surface area contributed by atoms with E-state index in [1.54, 1.807) is 49.8 Å². The van der Waals surface area contributed by atoms with Crippen LogP contribution in [0.3, 0.4) is 0 Å². The van der Waals surface area contributed by atoms with Gasteiger partial charge in [-0.25, -0.2) is 9.97 Å². The Morgan fingerprint density at radius 3 is 2.49 bits per heavy atom. The first kappa shape index (κ1) is 31.3. The number of pyridine rings is 1. The maximum absolute atomic E-state index is 12.7. The fraction of sp³-hybridized carbons (Fsp3) is 0.355. The van der Waals surface area contributed by atoms with E-state index >= 15 is 0 Å². The van der Waals surface area contributed by atoms with Gasteiger partial charge in [-0.2, -0.15) is 15.1 Å². The first-order valence-corrected chi connectivity index (χ1v) is 18.4. The Kier molecular flexibility index (Phi) is 8.23. The molecule has 0 amide bonds. The Bertz CT molecular complexity index is 2000. The average molecular weight is 722 g/mol. The minimum Gasteiger partial charge on any atom is -0.479 e. The number of aryl methyl sites for hydroxylation is 1. The van der Waals surface area contributed by atoms with Gasteiger partial charge in [0.1, 0.15) is 22.8 Å². The molecule has 244 valence electrons. The summed E-state index contributed by atoms with van der Waals surface area (Å²) < 4.78 is 32.4. The summed E-state index contributed by atoms with van der Waals surface area (Å²) in [5.74, 6) is 2.30. The zero-order valence-corrected chi connectivity index (χ0v) is 28.9. The molecule has 2 aliphatic heterocycles. The lowest BCUT2D eigenvalue weighted by atomic mass is 9.77. The first-order chi connectivity index (χ1) is 22.6. The maximum Gasteiger partial charge on any atom is 0.242 e. The number of benzene rings is 1. The van der Waals surface area contributed by atoms with Gasteiger partial charge >= 0.3 is 0 Å². The number of rotatable bonds is 9. The average Bonchev–Trinajstić information content (AvgIpc) is 3.48. The van der Waals surface area contributed by atoms with Crippen LogP contribution in [-0.2, 0) is 16.3 Å². The molecule has 2 fully saturated rings. The summed E-state index contributed by atoms with van der Waals surface area (Å²) in [6, 6.07) is 5.60. The molecule has 0 aliphatic carbocycles. The molecule has 47 heavy (non-hydrogen) atoms. The number of halogens is 1. The number of ether oxygens (including phenoxy) is 2. The van der Waals surface area contributed by atoms with E-state index in [2.05, 4.69) is 51.5 Å². The molecule has 2 saturated heterocycles. The zero-order chi connectivity index (χ0) is 32.8. The highest BCUT2D eigenvalue weighted by Gasteiger charge is 2.41. The Hall–Kier alpha value is -4.33. The lowest BCUT2D eigenvalue weighted by Crippen LogP contribution is -2.51. The smallest absolute Gasteiger partial charge is 0.242 e. The van der Waals surface area contributed by atoms with Crippen molar-refractivity contribution in [3.05, 3.63) is 53.7 Å². The number of nitrogens with zero attached hydrogens (tertiary/aromatic N) is 8. The second-order valence-corrected chi connectivity index (χ2v) is 15.7. The Morgan fingerprint density at radius 1 is 1.02 bits per heavy atom. The van der Waals surface area contributed by atoms with Gasteiger partial charge in [0.2, 0.25) is 19.2 Å². The number of aromatic nitrogens is 7. The van der Waals surface area contributed by atoms with E-state index in [9.17, 15) is 4.57 Å². The van der Waals surface area contributed by atoms with Gasteiger partial charge in [0.05, 0.1) is 42.2 Å². The van der Waals surface area contributed by atoms with E-state index < -0.39 is 7.37 Å². The highest BCUT2D eigenvalue weighted by atomic mass is 79.9. The minimum atomic E-state index is -2.95. The molecule has 6 heterocycles. The number of hydrogen-bond acceptors (Lipinski definition) is 13. The third kappa shape index (κ3) is 6.47. The van der Waals surface area contributed by atoms with Crippen LogP contribution >= 0.6 is 23.3 Å². The van der Waals surface area contributed by atoms with Crippen LogP contribution < -0.4 is 24.8 Å². The predicted molar refractivity (Wildman–Crippen MR) is 184 cm³/mol. The quantitative estimate of drug-likeness (QED) is 0.171. The third-order valence-electron chi connectivity index (χ3n) is 8.27. The Labute approximate surface area is 279 Å². The van der Waals surface area contributed by atoms with Crippen LogP contribution in [0.1, 0.15) is 12.8 Å². The number of anilines is 5. The highest BCUT2D eigenvalue weighted by Crippen LogP contribution is 2.46. The SMILES string of the molecule is COc1nc(N2CCC3(CC2)COC3)c(-c2cnn(C)c2)cc1Nc1ncc(Br)c(Nc2ccc3nccnc3c2OP(C)(C)=O)n1. The molecule has 7 rings (SSSR count). The lowest BCUT2D eigenvalue weighted by molar-refractivity contribution is -0.124. The van der Waals surface area contributed by atoms with Crippen LogP contribution in [0.15, 0.2) is 53.7 Å². The largest absolute Gasteiger partial charge is 0.479 e. The lowest BCUT2D eigenvalue weighted by Gasteiger charge is -2.47. The Balaban J connectivity index is 1.22. The monoisotopic (exact) mass is 720 g/mol. The van der Waals surface area contributed by atoms with Crippen LogP contribution in [0.25, 0.3) is 22.2 Å². The van der Waals surface area contributed by atoms with Gasteiger partial charge in [-0.05, 0) is 47.0 Å². The number of methoxy groups -OCH3 is 1.